The first kappa shape index (κ1) is 13.9. The van der Waals surface area contributed by atoms with Gasteiger partial charge in [0.25, 0.3) is 0 Å². The predicted molar refractivity (Wildman–Crippen MR) is 83.8 cm³/mol. The van der Waals surface area contributed by atoms with Crippen molar-refractivity contribution in [3.8, 4) is 11.5 Å². The van der Waals surface area contributed by atoms with E-state index in [4.69, 9.17) is 16.2 Å². The van der Waals surface area contributed by atoms with Gasteiger partial charge in [0, 0.05) is 12.1 Å². The van der Waals surface area contributed by atoms with Crippen molar-refractivity contribution in [2.45, 2.75) is 6.54 Å². The van der Waals surface area contributed by atoms with Crippen molar-refractivity contribution in [1.29, 1.82) is 0 Å². The Morgan fingerprint density at radius 2 is 1.95 bits per heavy atom. The second-order valence-electron chi connectivity index (χ2n) is 5.00. The molecule has 1 aliphatic heterocycles. The Kier molecular flexibility index (Phi) is 3.65. The summed E-state index contributed by atoms with van der Waals surface area (Å²) in [5.41, 5.74) is 12.8. The van der Waals surface area contributed by atoms with E-state index in [1.54, 1.807) is 4.90 Å². The maximum Gasteiger partial charge on any atom is 0.237 e. The Hall–Kier alpha value is -3.02. The Labute approximate surface area is 128 Å². The molecule has 0 aliphatic carbocycles. The van der Waals surface area contributed by atoms with Crippen molar-refractivity contribution in [2.75, 3.05) is 6.54 Å². The third-order valence-electron chi connectivity index (χ3n) is 3.30. The van der Waals surface area contributed by atoms with E-state index >= 15 is 0 Å². The van der Waals surface area contributed by atoms with Crippen LogP contribution in [0.2, 0.25) is 0 Å². The highest BCUT2D eigenvalue weighted by Gasteiger charge is 2.19. The average molecular weight is 296 g/mol. The molecule has 4 N–H and O–H groups in total. The zero-order valence-electron chi connectivity index (χ0n) is 11.9. The number of guanidine groups is 1. The van der Waals surface area contributed by atoms with Crippen LogP contribution in [0, 0.1) is 0 Å². The molecule has 1 aliphatic rings. The summed E-state index contributed by atoms with van der Waals surface area (Å²) in [5, 5.41) is 0. The summed E-state index contributed by atoms with van der Waals surface area (Å²) in [6, 6.07) is 15.1. The molecule has 2 aromatic carbocycles. The van der Waals surface area contributed by atoms with Crippen molar-refractivity contribution >= 4 is 17.6 Å². The number of carbonyl (C=O) groups is 1. The number of nitrogens with zero attached hydrogens (tertiary/aromatic N) is 2. The summed E-state index contributed by atoms with van der Waals surface area (Å²) in [7, 11) is 0. The van der Waals surface area contributed by atoms with Crippen LogP contribution < -0.4 is 16.2 Å². The van der Waals surface area contributed by atoms with Crippen LogP contribution in [0.25, 0.3) is 0 Å². The number of rotatable bonds is 4. The first-order valence-corrected chi connectivity index (χ1v) is 6.85. The standard InChI is InChI=1S/C16H16N4O2/c17-15(21)10-20-9-11-8-13(6-7-14(11)19-16(20)18)22-12-4-2-1-3-5-12/h1-8H,9-10H2,(H2,17,21)(H2,18,19). The molecule has 0 unspecified atom stereocenters. The number of ether oxygens (including phenoxy) is 1. The number of carbonyl (C=O) groups excluding carboxylic acids is 1. The summed E-state index contributed by atoms with van der Waals surface area (Å²) in [4.78, 5) is 17.0. The van der Waals surface area contributed by atoms with Crippen molar-refractivity contribution in [3.05, 3.63) is 54.1 Å². The van der Waals surface area contributed by atoms with Crippen LogP contribution in [-0.2, 0) is 11.3 Å². The molecule has 22 heavy (non-hydrogen) atoms. The van der Waals surface area contributed by atoms with Gasteiger partial charge in [-0.25, -0.2) is 4.99 Å². The maximum atomic E-state index is 11.1. The first-order valence-electron chi connectivity index (χ1n) is 6.85. The quantitative estimate of drug-likeness (QED) is 0.898. The van der Waals surface area contributed by atoms with Gasteiger partial charge in [-0.05, 0) is 30.3 Å². The van der Waals surface area contributed by atoms with E-state index in [-0.39, 0.29) is 6.54 Å². The Morgan fingerprint density at radius 1 is 1.18 bits per heavy atom. The molecule has 0 saturated heterocycles. The molecular formula is C16H16N4O2. The SMILES string of the molecule is NC(=O)CN1Cc2cc(Oc3ccccc3)ccc2N=C1N. The zero-order valence-corrected chi connectivity index (χ0v) is 11.9. The third kappa shape index (κ3) is 3.01. The molecule has 0 bridgehead atoms. The number of fused-ring (bicyclic) bond motifs is 1. The second-order valence-corrected chi connectivity index (χ2v) is 5.00. The molecule has 1 heterocycles. The highest BCUT2D eigenvalue weighted by atomic mass is 16.5. The molecule has 0 aromatic heterocycles. The van der Waals surface area contributed by atoms with E-state index in [1.165, 1.54) is 0 Å². The molecule has 0 spiro atoms. The minimum Gasteiger partial charge on any atom is -0.457 e. The van der Waals surface area contributed by atoms with Gasteiger partial charge < -0.3 is 21.1 Å². The molecule has 0 fully saturated rings. The predicted octanol–water partition coefficient (Wildman–Crippen LogP) is 1.73. The lowest BCUT2D eigenvalue weighted by molar-refractivity contribution is -0.118. The van der Waals surface area contributed by atoms with Gasteiger partial charge >= 0.3 is 0 Å². The molecule has 6 heteroatoms. The lowest BCUT2D eigenvalue weighted by Crippen LogP contribution is -2.43. The van der Waals surface area contributed by atoms with Crippen LogP contribution in [-0.4, -0.2) is 23.3 Å². The summed E-state index contributed by atoms with van der Waals surface area (Å²) in [6.45, 7) is 0.512. The Bertz CT molecular complexity index is 728. The summed E-state index contributed by atoms with van der Waals surface area (Å²) in [6.07, 6.45) is 0. The van der Waals surface area contributed by atoms with Crippen LogP contribution in [0.4, 0.5) is 5.69 Å². The van der Waals surface area contributed by atoms with Crippen LogP contribution in [0.3, 0.4) is 0 Å². The van der Waals surface area contributed by atoms with Gasteiger partial charge in [0.1, 0.15) is 11.5 Å². The van der Waals surface area contributed by atoms with E-state index in [9.17, 15) is 4.79 Å². The number of para-hydroxylation sites is 1. The normalized spacial score (nSPS) is 13.3. The van der Waals surface area contributed by atoms with E-state index in [0.29, 0.717) is 18.3 Å². The summed E-state index contributed by atoms with van der Waals surface area (Å²) >= 11 is 0. The molecular weight excluding hydrogens is 280 g/mol. The van der Waals surface area contributed by atoms with Crippen molar-refractivity contribution in [3.63, 3.8) is 0 Å². The molecule has 3 rings (SSSR count). The number of hydrogen-bond acceptors (Lipinski definition) is 5. The van der Waals surface area contributed by atoms with Gasteiger partial charge in [0.2, 0.25) is 5.91 Å². The summed E-state index contributed by atoms with van der Waals surface area (Å²) < 4.78 is 5.80. The Morgan fingerprint density at radius 3 is 2.68 bits per heavy atom. The minimum absolute atomic E-state index is 0.0402. The molecule has 2 aromatic rings. The van der Waals surface area contributed by atoms with Crippen LogP contribution in [0.15, 0.2) is 53.5 Å². The van der Waals surface area contributed by atoms with E-state index in [2.05, 4.69) is 4.99 Å². The molecule has 1 amide bonds. The number of hydrogen-bond donors (Lipinski definition) is 2. The van der Waals surface area contributed by atoms with Gasteiger partial charge in [-0.3, -0.25) is 4.79 Å². The van der Waals surface area contributed by atoms with Crippen molar-refractivity contribution in [2.24, 2.45) is 16.5 Å². The molecule has 6 nitrogen and oxygen atoms in total. The fourth-order valence-corrected chi connectivity index (χ4v) is 2.29. The first-order chi connectivity index (χ1) is 10.6. The lowest BCUT2D eigenvalue weighted by Gasteiger charge is -2.27. The number of amides is 1. The van der Waals surface area contributed by atoms with Crippen LogP contribution in [0.5, 0.6) is 11.5 Å². The number of benzene rings is 2. The fraction of sp³-hybridized carbons (Fsp3) is 0.125. The monoisotopic (exact) mass is 296 g/mol. The highest BCUT2D eigenvalue weighted by molar-refractivity contribution is 5.88. The van der Waals surface area contributed by atoms with E-state index in [1.807, 2.05) is 48.5 Å². The lowest BCUT2D eigenvalue weighted by atomic mass is 10.1. The highest BCUT2D eigenvalue weighted by Crippen LogP contribution is 2.31. The fourth-order valence-electron chi connectivity index (χ4n) is 2.29. The van der Waals surface area contributed by atoms with E-state index < -0.39 is 5.91 Å². The Balaban J connectivity index is 1.84. The largest absolute Gasteiger partial charge is 0.457 e. The van der Waals surface area contributed by atoms with Gasteiger partial charge in [-0.1, -0.05) is 18.2 Å². The number of nitrogens with two attached hydrogens (primary N) is 2. The van der Waals surface area contributed by atoms with Crippen LogP contribution >= 0.6 is 0 Å². The van der Waals surface area contributed by atoms with Gasteiger partial charge in [0.15, 0.2) is 5.96 Å². The maximum absolute atomic E-state index is 11.1. The van der Waals surface area contributed by atoms with Crippen molar-refractivity contribution in [1.82, 2.24) is 4.90 Å². The van der Waals surface area contributed by atoms with Gasteiger partial charge in [-0.15, -0.1) is 0 Å². The zero-order chi connectivity index (χ0) is 15.5. The number of primary amides is 1. The molecule has 112 valence electrons. The molecule has 0 radical (unpaired) electrons. The summed E-state index contributed by atoms with van der Waals surface area (Å²) in [5.74, 6) is 1.32. The number of aliphatic imine (C=N–C) groups is 1. The molecule has 0 saturated carbocycles. The van der Waals surface area contributed by atoms with Gasteiger partial charge in [-0.2, -0.15) is 0 Å². The molecule has 0 atom stereocenters. The topological polar surface area (TPSA) is 93.9 Å². The third-order valence-corrected chi connectivity index (χ3v) is 3.30. The average Bonchev–Trinajstić information content (AvgIpc) is 2.49. The minimum atomic E-state index is -0.446. The van der Waals surface area contributed by atoms with Crippen molar-refractivity contribution < 1.29 is 9.53 Å². The second kappa shape index (κ2) is 5.77. The van der Waals surface area contributed by atoms with E-state index in [0.717, 1.165) is 17.0 Å². The van der Waals surface area contributed by atoms with Gasteiger partial charge in [0.05, 0.1) is 12.2 Å². The van der Waals surface area contributed by atoms with Crippen LogP contribution in [0.1, 0.15) is 5.56 Å². The smallest absolute Gasteiger partial charge is 0.237 e.